The lowest BCUT2D eigenvalue weighted by Gasteiger charge is -2.34. The number of anilines is 2. The SMILES string of the molecule is CNc1ccc(Cc2ccc(NC(=O)c3cc(C(C)=O)cc(C(C)=O)c3)c(C(O)(C(F)(F)F)C(F)(F)F)c2)cc1C(O)(C(F)(F)F)C(F)(F)F. The summed E-state index contributed by atoms with van der Waals surface area (Å²) >= 11 is 0. The van der Waals surface area contributed by atoms with Crippen molar-refractivity contribution in [3.63, 3.8) is 0 Å². The van der Waals surface area contributed by atoms with Gasteiger partial charge in [-0.2, -0.15) is 52.7 Å². The Morgan fingerprint density at radius 2 is 0.900 bits per heavy atom. The van der Waals surface area contributed by atoms with Crippen LogP contribution in [0.25, 0.3) is 0 Å². The number of amides is 1. The number of carbonyl (C=O) groups is 3. The highest BCUT2D eigenvalue weighted by Crippen LogP contribution is 2.53. The summed E-state index contributed by atoms with van der Waals surface area (Å²) in [4.78, 5) is 36.9. The van der Waals surface area contributed by atoms with E-state index in [1.165, 1.54) is 0 Å². The monoisotopic (exact) mass is 732 g/mol. The standard InChI is InChI=1S/C31H24F12N2O5/c1-14(46)18-11-19(15(2)47)13-20(12-18)25(48)45-24-7-5-17(10-22(24)27(50,30(38,39)40)31(41,42)43)8-16-4-6-23(44-3)21(9-16)26(49,28(32,33)34)29(35,36)37/h4-7,9-13,44,49-50H,8H2,1-3H3,(H,45,48). The first kappa shape index (κ1) is 39.8. The quantitative estimate of drug-likeness (QED) is 0.133. The van der Waals surface area contributed by atoms with E-state index in [0.29, 0.717) is 12.1 Å². The largest absolute Gasteiger partial charge is 0.430 e. The number of hydrogen-bond donors (Lipinski definition) is 4. The molecular formula is C31H24F12N2O5. The molecule has 3 aromatic carbocycles. The van der Waals surface area contributed by atoms with Crippen LogP contribution in [0.15, 0.2) is 54.6 Å². The molecule has 50 heavy (non-hydrogen) atoms. The van der Waals surface area contributed by atoms with Gasteiger partial charge >= 0.3 is 24.7 Å². The lowest BCUT2D eigenvalue weighted by molar-refractivity contribution is -0.376. The zero-order valence-electron chi connectivity index (χ0n) is 25.6. The molecule has 0 aliphatic heterocycles. The maximum atomic E-state index is 14.1. The minimum atomic E-state index is -6.53. The van der Waals surface area contributed by atoms with Crippen molar-refractivity contribution in [2.24, 2.45) is 0 Å². The van der Waals surface area contributed by atoms with Gasteiger partial charge in [-0.1, -0.05) is 12.1 Å². The molecule has 7 nitrogen and oxygen atoms in total. The molecule has 0 fully saturated rings. The Bertz CT molecular complexity index is 1750. The number of halogens is 12. The Hall–Kier alpha value is -4.65. The van der Waals surface area contributed by atoms with Crippen molar-refractivity contribution >= 4 is 28.8 Å². The highest BCUT2D eigenvalue weighted by molar-refractivity contribution is 6.09. The summed E-state index contributed by atoms with van der Waals surface area (Å²) < 4.78 is 166. The maximum Gasteiger partial charge on any atom is 0.430 e. The molecule has 0 spiro atoms. The molecule has 0 aliphatic carbocycles. The van der Waals surface area contributed by atoms with Gasteiger partial charge in [0.25, 0.3) is 17.1 Å². The first-order chi connectivity index (χ1) is 22.6. The molecule has 0 saturated heterocycles. The highest BCUT2D eigenvalue weighted by atomic mass is 19.4. The van der Waals surface area contributed by atoms with E-state index in [4.69, 9.17) is 0 Å². The normalized spacial score (nSPS) is 13.2. The van der Waals surface area contributed by atoms with Gasteiger partial charge in [0.15, 0.2) is 11.6 Å². The molecule has 3 rings (SSSR count). The topological polar surface area (TPSA) is 116 Å². The Balaban J connectivity index is 2.25. The number of aliphatic hydroxyl groups is 2. The Morgan fingerprint density at radius 3 is 1.24 bits per heavy atom. The third-order valence-electron chi connectivity index (χ3n) is 7.52. The van der Waals surface area contributed by atoms with Crippen molar-refractivity contribution in [3.8, 4) is 0 Å². The molecule has 0 bridgehead atoms. The van der Waals surface area contributed by atoms with E-state index in [9.17, 15) is 77.3 Å². The number of benzene rings is 3. The van der Waals surface area contributed by atoms with Crippen molar-refractivity contribution in [2.45, 2.75) is 56.2 Å². The number of Topliss-reactive ketones (excluding diaryl/α,β-unsaturated/α-hetero) is 2. The van der Waals surface area contributed by atoms with Gasteiger partial charge in [-0.05, 0) is 73.9 Å². The predicted molar refractivity (Wildman–Crippen MR) is 152 cm³/mol. The van der Waals surface area contributed by atoms with Crippen molar-refractivity contribution < 1.29 is 77.3 Å². The van der Waals surface area contributed by atoms with Crippen LogP contribution in [0, 0.1) is 0 Å². The molecule has 0 aromatic heterocycles. The van der Waals surface area contributed by atoms with Gasteiger partial charge in [-0.25, -0.2) is 0 Å². The zero-order chi connectivity index (χ0) is 38.4. The summed E-state index contributed by atoms with van der Waals surface area (Å²) in [5, 5.41) is 24.0. The molecule has 0 saturated carbocycles. The van der Waals surface area contributed by atoms with E-state index in [2.05, 4.69) is 0 Å². The predicted octanol–water partition coefficient (Wildman–Crippen LogP) is 7.60. The van der Waals surface area contributed by atoms with Crippen LogP contribution in [0.1, 0.15) is 67.2 Å². The van der Waals surface area contributed by atoms with Crippen LogP contribution >= 0.6 is 0 Å². The molecule has 4 N–H and O–H groups in total. The Kier molecular flexibility index (Phi) is 10.5. The molecule has 0 atom stereocenters. The third-order valence-corrected chi connectivity index (χ3v) is 7.52. The molecule has 3 aromatic rings. The van der Waals surface area contributed by atoms with E-state index >= 15 is 0 Å². The smallest absolute Gasteiger partial charge is 0.388 e. The summed E-state index contributed by atoms with van der Waals surface area (Å²) in [7, 11) is 0.914. The van der Waals surface area contributed by atoms with E-state index in [-0.39, 0.29) is 23.3 Å². The van der Waals surface area contributed by atoms with E-state index in [0.717, 1.165) is 51.2 Å². The number of rotatable bonds is 9. The number of carbonyl (C=O) groups excluding carboxylic acids is 3. The van der Waals surface area contributed by atoms with Crippen molar-refractivity contribution in [1.82, 2.24) is 0 Å². The van der Waals surface area contributed by atoms with Gasteiger partial charge in [0.2, 0.25) is 0 Å². The van der Waals surface area contributed by atoms with Gasteiger partial charge in [0.05, 0.1) is 0 Å². The lowest BCUT2D eigenvalue weighted by Crippen LogP contribution is -2.54. The number of hydrogen-bond acceptors (Lipinski definition) is 6. The zero-order valence-corrected chi connectivity index (χ0v) is 25.6. The second-order valence-corrected chi connectivity index (χ2v) is 11.0. The second-order valence-electron chi connectivity index (χ2n) is 11.0. The van der Waals surface area contributed by atoms with E-state index in [1.54, 1.807) is 5.32 Å². The van der Waals surface area contributed by atoms with Crippen LogP contribution in [0.3, 0.4) is 0 Å². The fraction of sp³-hybridized carbons (Fsp3) is 0.323. The molecular weight excluding hydrogens is 708 g/mol. The summed E-state index contributed by atoms with van der Waals surface area (Å²) in [5.41, 5.74) is -19.5. The maximum absolute atomic E-state index is 14.1. The van der Waals surface area contributed by atoms with E-state index in [1.807, 2.05) is 5.32 Å². The third kappa shape index (κ3) is 7.28. The van der Waals surface area contributed by atoms with E-state index < -0.39 is 99.0 Å². The molecule has 19 heteroatoms. The average molecular weight is 733 g/mol. The van der Waals surface area contributed by atoms with Crippen molar-refractivity contribution in [2.75, 3.05) is 17.7 Å². The minimum Gasteiger partial charge on any atom is -0.388 e. The molecule has 1 amide bonds. The summed E-state index contributed by atoms with van der Waals surface area (Å²) in [6.45, 7) is 2.07. The second kappa shape index (κ2) is 13.2. The van der Waals surface area contributed by atoms with Gasteiger partial charge < -0.3 is 20.8 Å². The molecule has 272 valence electrons. The van der Waals surface area contributed by atoms with Crippen molar-refractivity contribution in [3.05, 3.63) is 93.5 Å². The van der Waals surface area contributed by atoms with Crippen LogP contribution in [0.4, 0.5) is 64.1 Å². The van der Waals surface area contributed by atoms with Crippen LogP contribution < -0.4 is 10.6 Å². The first-order valence-corrected chi connectivity index (χ1v) is 13.7. The summed E-state index contributed by atoms with van der Waals surface area (Å²) in [5.74, 6) is -2.79. The van der Waals surface area contributed by atoms with Crippen LogP contribution in [0.5, 0.6) is 0 Å². The van der Waals surface area contributed by atoms with Crippen LogP contribution in [-0.4, -0.2) is 59.4 Å². The molecule has 0 radical (unpaired) electrons. The number of nitrogens with one attached hydrogen (secondary N) is 2. The van der Waals surface area contributed by atoms with Crippen LogP contribution in [0.2, 0.25) is 0 Å². The molecule has 0 unspecified atom stereocenters. The highest BCUT2D eigenvalue weighted by Gasteiger charge is 2.73. The summed E-state index contributed by atoms with van der Waals surface area (Å²) in [6, 6.07) is 5.83. The van der Waals surface area contributed by atoms with Gasteiger partial charge in [-0.3, -0.25) is 14.4 Å². The molecule has 0 aliphatic rings. The van der Waals surface area contributed by atoms with Gasteiger partial charge in [0, 0.05) is 46.2 Å². The first-order valence-electron chi connectivity index (χ1n) is 13.7. The van der Waals surface area contributed by atoms with Crippen LogP contribution in [-0.2, 0) is 17.6 Å². The van der Waals surface area contributed by atoms with Gasteiger partial charge in [-0.15, -0.1) is 0 Å². The fourth-order valence-corrected chi connectivity index (χ4v) is 4.86. The number of alkyl halides is 12. The van der Waals surface area contributed by atoms with Crippen molar-refractivity contribution in [1.29, 1.82) is 0 Å². The summed E-state index contributed by atoms with van der Waals surface area (Å²) in [6.07, 6.45) is -26.7. The lowest BCUT2D eigenvalue weighted by atomic mass is 9.86. The fourth-order valence-electron chi connectivity index (χ4n) is 4.86. The molecule has 0 heterocycles. The average Bonchev–Trinajstić information content (AvgIpc) is 2.98. The minimum absolute atomic E-state index is 0.0783. The Morgan fingerprint density at radius 1 is 0.560 bits per heavy atom. The Labute approximate surface area is 273 Å². The number of ketones is 2. The van der Waals surface area contributed by atoms with Gasteiger partial charge in [0.1, 0.15) is 0 Å².